The molecule has 0 unspecified atom stereocenters. The molecule has 0 aliphatic rings. The number of rotatable bonds is 3. The molecule has 104 valence electrons. The highest BCUT2D eigenvalue weighted by atomic mass is 79.9. The number of hydrogen-bond acceptors (Lipinski definition) is 3. The number of aryl methyl sites for hydroxylation is 2. The molecule has 2 aromatic rings. The van der Waals surface area contributed by atoms with Crippen LogP contribution in [0.25, 0.3) is 0 Å². The molecule has 0 atom stereocenters. The van der Waals surface area contributed by atoms with Gasteiger partial charge in [0, 0.05) is 4.47 Å². The van der Waals surface area contributed by atoms with E-state index in [-0.39, 0.29) is 5.84 Å². The van der Waals surface area contributed by atoms with Crippen LogP contribution in [0.4, 0.5) is 0 Å². The van der Waals surface area contributed by atoms with Gasteiger partial charge in [-0.1, -0.05) is 27.2 Å². The lowest BCUT2D eigenvalue weighted by molar-refractivity contribution is 0.318. The number of oxime groups is 1. The predicted molar refractivity (Wildman–Crippen MR) is 82.6 cm³/mol. The van der Waals surface area contributed by atoms with Crippen LogP contribution in [-0.2, 0) is 0 Å². The van der Waals surface area contributed by atoms with E-state index in [2.05, 4.69) is 21.1 Å². The zero-order valence-corrected chi connectivity index (χ0v) is 12.8. The third-order valence-corrected chi connectivity index (χ3v) is 3.52. The van der Waals surface area contributed by atoms with E-state index in [9.17, 15) is 0 Å². The molecule has 0 heterocycles. The van der Waals surface area contributed by atoms with E-state index in [4.69, 9.17) is 15.7 Å². The summed E-state index contributed by atoms with van der Waals surface area (Å²) in [5, 5.41) is 11.9. The summed E-state index contributed by atoms with van der Waals surface area (Å²) < 4.78 is 6.66. The zero-order valence-electron chi connectivity index (χ0n) is 11.2. The van der Waals surface area contributed by atoms with Crippen LogP contribution in [0, 0.1) is 13.8 Å². The molecule has 2 rings (SSSR count). The van der Waals surface area contributed by atoms with Crippen molar-refractivity contribution in [2.45, 2.75) is 13.8 Å². The van der Waals surface area contributed by atoms with Crippen LogP contribution in [0.1, 0.15) is 16.7 Å². The Kier molecular flexibility index (Phi) is 4.29. The van der Waals surface area contributed by atoms with Crippen LogP contribution in [0.2, 0.25) is 0 Å². The highest BCUT2D eigenvalue weighted by Crippen LogP contribution is 2.29. The number of nitrogens with zero attached hydrogens (tertiary/aromatic N) is 1. The first-order valence-electron chi connectivity index (χ1n) is 6.04. The molecule has 0 aliphatic carbocycles. The molecule has 4 nitrogen and oxygen atoms in total. The lowest BCUT2D eigenvalue weighted by Gasteiger charge is -2.12. The van der Waals surface area contributed by atoms with Gasteiger partial charge in [-0.05, 0) is 55.3 Å². The smallest absolute Gasteiger partial charge is 0.173 e. The van der Waals surface area contributed by atoms with Gasteiger partial charge in [-0.25, -0.2) is 0 Å². The second kappa shape index (κ2) is 5.96. The van der Waals surface area contributed by atoms with Crippen LogP contribution in [-0.4, -0.2) is 11.0 Å². The minimum absolute atomic E-state index is 0.00475. The molecule has 0 radical (unpaired) electrons. The summed E-state index contributed by atoms with van der Waals surface area (Å²) in [6, 6.07) is 11.2. The lowest BCUT2D eigenvalue weighted by atomic mass is 10.1. The Hall–Kier alpha value is -2.01. The summed E-state index contributed by atoms with van der Waals surface area (Å²) in [5.74, 6) is 1.25. The molecule has 0 spiro atoms. The number of amidine groups is 1. The highest BCUT2D eigenvalue weighted by molar-refractivity contribution is 9.10. The molecule has 3 N–H and O–H groups in total. The molecule has 2 aromatic carbocycles. The Morgan fingerprint density at radius 2 is 1.90 bits per heavy atom. The minimum atomic E-state index is 0.00475. The predicted octanol–water partition coefficient (Wildman–Crippen LogP) is 3.95. The summed E-state index contributed by atoms with van der Waals surface area (Å²) in [6.45, 7) is 4.06. The molecule has 0 amide bonds. The van der Waals surface area contributed by atoms with E-state index in [0.717, 1.165) is 10.0 Å². The van der Waals surface area contributed by atoms with Gasteiger partial charge in [0.05, 0.1) is 5.56 Å². The quantitative estimate of drug-likeness (QED) is 0.386. The van der Waals surface area contributed by atoms with E-state index in [0.29, 0.717) is 17.1 Å². The van der Waals surface area contributed by atoms with Gasteiger partial charge in [-0.2, -0.15) is 0 Å². The van der Waals surface area contributed by atoms with Crippen molar-refractivity contribution in [2.75, 3.05) is 0 Å². The third kappa shape index (κ3) is 3.11. The Morgan fingerprint density at radius 3 is 2.55 bits per heavy atom. The van der Waals surface area contributed by atoms with Gasteiger partial charge in [-0.3, -0.25) is 0 Å². The van der Waals surface area contributed by atoms with Crippen molar-refractivity contribution in [2.24, 2.45) is 10.9 Å². The standard InChI is InChI=1S/C15H15BrN2O2/c1-9-3-5-12(7-10(9)2)20-14-6-4-11(16)8-13(14)15(17)18-19/h3-8,19H,1-2H3,(H2,17,18). The monoisotopic (exact) mass is 334 g/mol. The number of benzene rings is 2. The number of hydrogen-bond donors (Lipinski definition) is 2. The molecule has 5 heteroatoms. The van der Waals surface area contributed by atoms with Gasteiger partial charge in [0.1, 0.15) is 11.5 Å². The van der Waals surface area contributed by atoms with E-state index in [1.807, 2.05) is 38.1 Å². The summed E-state index contributed by atoms with van der Waals surface area (Å²) in [5.41, 5.74) is 8.54. The summed E-state index contributed by atoms with van der Waals surface area (Å²) in [4.78, 5) is 0. The average Bonchev–Trinajstić information content (AvgIpc) is 2.44. The van der Waals surface area contributed by atoms with Gasteiger partial charge in [0.15, 0.2) is 5.84 Å². The van der Waals surface area contributed by atoms with Crippen molar-refractivity contribution in [1.29, 1.82) is 0 Å². The van der Waals surface area contributed by atoms with E-state index >= 15 is 0 Å². The normalized spacial score (nSPS) is 11.4. The molecule has 0 aliphatic heterocycles. The first-order valence-corrected chi connectivity index (χ1v) is 6.83. The fourth-order valence-corrected chi connectivity index (χ4v) is 2.11. The van der Waals surface area contributed by atoms with Gasteiger partial charge in [0.25, 0.3) is 0 Å². The van der Waals surface area contributed by atoms with Crippen molar-refractivity contribution < 1.29 is 9.94 Å². The van der Waals surface area contributed by atoms with Crippen LogP contribution in [0.3, 0.4) is 0 Å². The third-order valence-electron chi connectivity index (χ3n) is 3.03. The van der Waals surface area contributed by atoms with Crippen molar-refractivity contribution in [3.63, 3.8) is 0 Å². The SMILES string of the molecule is Cc1ccc(Oc2ccc(Br)cc2/C(N)=N/O)cc1C. The average molecular weight is 335 g/mol. The molecule has 0 saturated carbocycles. The fraction of sp³-hybridized carbons (Fsp3) is 0.133. The van der Waals surface area contributed by atoms with E-state index in [1.54, 1.807) is 12.1 Å². The first kappa shape index (κ1) is 14.4. The van der Waals surface area contributed by atoms with Gasteiger partial charge in [0.2, 0.25) is 0 Å². The first-order chi connectivity index (χ1) is 9.51. The Bertz CT molecular complexity index is 669. The zero-order chi connectivity index (χ0) is 14.7. The van der Waals surface area contributed by atoms with Crippen LogP contribution in [0.15, 0.2) is 46.0 Å². The van der Waals surface area contributed by atoms with Crippen molar-refractivity contribution in [3.05, 3.63) is 57.6 Å². The topological polar surface area (TPSA) is 67.8 Å². The Morgan fingerprint density at radius 1 is 1.15 bits per heavy atom. The molecule has 0 aromatic heterocycles. The Balaban J connectivity index is 2.40. The molecular formula is C15H15BrN2O2. The molecule has 0 saturated heterocycles. The molecule has 0 bridgehead atoms. The second-order valence-corrected chi connectivity index (χ2v) is 5.39. The molecule has 0 fully saturated rings. The summed E-state index contributed by atoms with van der Waals surface area (Å²) >= 11 is 3.35. The lowest BCUT2D eigenvalue weighted by Crippen LogP contribution is -2.14. The highest BCUT2D eigenvalue weighted by Gasteiger charge is 2.10. The second-order valence-electron chi connectivity index (χ2n) is 4.47. The van der Waals surface area contributed by atoms with Crippen LogP contribution >= 0.6 is 15.9 Å². The van der Waals surface area contributed by atoms with Crippen LogP contribution in [0.5, 0.6) is 11.5 Å². The number of ether oxygens (including phenoxy) is 1. The maximum atomic E-state index is 8.84. The maximum absolute atomic E-state index is 8.84. The molecule has 20 heavy (non-hydrogen) atoms. The summed E-state index contributed by atoms with van der Waals surface area (Å²) in [6.07, 6.45) is 0. The van der Waals surface area contributed by atoms with E-state index < -0.39 is 0 Å². The maximum Gasteiger partial charge on any atom is 0.173 e. The van der Waals surface area contributed by atoms with Crippen LogP contribution < -0.4 is 10.5 Å². The van der Waals surface area contributed by atoms with E-state index in [1.165, 1.54) is 5.56 Å². The van der Waals surface area contributed by atoms with Crippen molar-refractivity contribution >= 4 is 21.8 Å². The largest absolute Gasteiger partial charge is 0.457 e. The summed E-state index contributed by atoms with van der Waals surface area (Å²) in [7, 11) is 0. The minimum Gasteiger partial charge on any atom is -0.457 e. The van der Waals surface area contributed by atoms with Gasteiger partial charge >= 0.3 is 0 Å². The fourth-order valence-electron chi connectivity index (χ4n) is 1.75. The Labute approximate surface area is 126 Å². The van der Waals surface area contributed by atoms with Crippen molar-refractivity contribution in [1.82, 2.24) is 0 Å². The molecular weight excluding hydrogens is 320 g/mol. The van der Waals surface area contributed by atoms with Gasteiger partial charge < -0.3 is 15.7 Å². The number of halogens is 1. The van der Waals surface area contributed by atoms with Gasteiger partial charge in [-0.15, -0.1) is 0 Å². The van der Waals surface area contributed by atoms with Crippen molar-refractivity contribution in [3.8, 4) is 11.5 Å². The number of nitrogens with two attached hydrogens (primary N) is 1.